The van der Waals surface area contributed by atoms with Gasteiger partial charge in [0.05, 0.1) is 5.69 Å². The molecule has 0 aromatic carbocycles. The number of hydrogen-bond acceptors (Lipinski definition) is 1. The zero-order valence-electron chi connectivity index (χ0n) is 11.2. The molecule has 1 aromatic heterocycles. The topological polar surface area (TPSA) is 12.9 Å². The lowest BCUT2D eigenvalue weighted by atomic mass is 9.80. The van der Waals surface area contributed by atoms with Crippen molar-refractivity contribution in [1.29, 1.82) is 0 Å². The van der Waals surface area contributed by atoms with Gasteiger partial charge in [-0.05, 0) is 30.0 Å². The fourth-order valence-electron chi connectivity index (χ4n) is 1.95. The lowest BCUT2D eigenvalue weighted by Crippen LogP contribution is -2.11. The lowest BCUT2D eigenvalue weighted by molar-refractivity contribution is 0.519. The lowest BCUT2D eigenvalue weighted by Gasteiger charge is -2.25. The second kappa shape index (κ2) is 5.62. The van der Waals surface area contributed by atoms with Crippen LogP contribution in [-0.2, 0) is 0 Å². The number of allylic oxidation sites excluding steroid dienone is 5. The fourth-order valence-corrected chi connectivity index (χ4v) is 1.95. The summed E-state index contributed by atoms with van der Waals surface area (Å²) < 4.78 is 0. The van der Waals surface area contributed by atoms with Crippen molar-refractivity contribution in [1.82, 2.24) is 4.98 Å². The monoisotopic (exact) mass is 227 g/mol. The highest BCUT2D eigenvalue weighted by Crippen LogP contribution is 2.35. The van der Waals surface area contributed by atoms with Crippen molar-refractivity contribution in [2.24, 2.45) is 5.41 Å². The van der Waals surface area contributed by atoms with E-state index in [2.05, 4.69) is 45.3 Å². The maximum absolute atomic E-state index is 4.42. The van der Waals surface area contributed by atoms with Gasteiger partial charge in [-0.2, -0.15) is 0 Å². The van der Waals surface area contributed by atoms with Gasteiger partial charge >= 0.3 is 0 Å². The van der Waals surface area contributed by atoms with E-state index in [1.165, 1.54) is 5.57 Å². The Bertz CT molecular complexity index is 430. The molecule has 0 saturated carbocycles. The quantitative estimate of drug-likeness (QED) is 0.685. The van der Waals surface area contributed by atoms with Crippen molar-refractivity contribution in [3.8, 4) is 0 Å². The smallest absolute Gasteiger partial charge is 0.0704 e. The average Bonchev–Trinajstić information content (AvgIpc) is 2.28. The average molecular weight is 227 g/mol. The summed E-state index contributed by atoms with van der Waals surface area (Å²) in [6.45, 7) is 12.5. The molecule has 1 heterocycles. The molecule has 0 spiro atoms. The number of nitrogens with zero attached hydrogens (tertiary/aromatic N) is 1. The Morgan fingerprint density at radius 1 is 1.29 bits per heavy atom. The third-order valence-electron chi connectivity index (χ3n) is 2.61. The highest BCUT2D eigenvalue weighted by atomic mass is 14.7. The predicted octanol–water partition coefficient (Wildman–Crippen LogP) is 4.64. The minimum Gasteiger partial charge on any atom is -0.256 e. The van der Waals surface area contributed by atoms with Crippen molar-refractivity contribution < 1.29 is 0 Å². The Labute approximate surface area is 105 Å². The van der Waals surface area contributed by atoms with Gasteiger partial charge < -0.3 is 0 Å². The summed E-state index contributed by atoms with van der Waals surface area (Å²) in [6.07, 6.45) is 7.83. The van der Waals surface area contributed by atoms with E-state index in [0.717, 1.165) is 11.3 Å². The molecule has 0 unspecified atom stereocenters. The number of hydrogen-bond donors (Lipinski definition) is 0. The van der Waals surface area contributed by atoms with Gasteiger partial charge in [0.15, 0.2) is 0 Å². The van der Waals surface area contributed by atoms with Crippen LogP contribution in [0.2, 0.25) is 0 Å². The van der Waals surface area contributed by atoms with Crippen LogP contribution >= 0.6 is 0 Å². The molecule has 0 N–H and O–H groups in total. The Hall–Kier alpha value is -1.63. The van der Waals surface area contributed by atoms with Gasteiger partial charge in [0.1, 0.15) is 0 Å². The van der Waals surface area contributed by atoms with Gasteiger partial charge in [-0.3, -0.25) is 4.98 Å². The molecule has 0 radical (unpaired) electrons. The summed E-state index contributed by atoms with van der Waals surface area (Å²) in [5.41, 5.74) is 3.53. The third-order valence-corrected chi connectivity index (χ3v) is 2.61. The van der Waals surface area contributed by atoms with Crippen LogP contribution in [-0.4, -0.2) is 4.98 Å². The number of pyridine rings is 1. The molecule has 0 saturated heterocycles. The number of aromatic nitrogens is 1. The van der Waals surface area contributed by atoms with Crippen LogP contribution in [0.3, 0.4) is 0 Å². The highest BCUT2D eigenvalue weighted by molar-refractivity contribution is 5.79. The summed E-state index contributed by atoms with van der Waals surface area (Å²) in [5, 5.41) is 0. The normalized spacial score (nSPS) is 13.6. The van der Waals surface area contributed by atoms with E-state index in [1.54, 1.807) is 0 Å². The molecule has 0 amide bonds. The van der Waals surface area contributed by atoms with Crippen LogP contribution in [0.1, 0.15) is 33.4 Å². The molecule has 1 rings (SSSR count). The number of rotatable bonds is 3. The Morgan fingerprint density at radius 2 is 2.00 bits per heavy atom. The van der Waals surface area contributed by atoms with E-state index in [0.29, 0.717) is 0 Å². The molecule has 0 aliphatic heterocycles. The Balaban J connectivity index is 3.30. The molecule has 0 fully saturated rings. The van der Waals surface area contributed by atoms with E-state index in [-0.39, 0.29) is 5.41 Å². The summed E-state index contributed by atoms with van der Waals surface area (Å²) in [5.74, 6) is 0. The van der Waals surface area contributed by atoms with E-state index in [4.69, 9.17) is 0 Å². The van der Waals surface area contributed by atoms with Crippen LogP contribution in [0.25, 0.3) is 5.57 Å². The molecular weight excluding hydrogens is 206 g/mol. The molecule has 17 heavy (non-hydrogen) atoms. The molecule has 90 valence electrons. The summed E-state index contributed by atoms with van der Waals surface area (Å²) in [7, 11) is 0. The maximum atomic E-state index is 4.42. The van der Waals surface area contributed by atoms with Crippen molar-refractivity contribution in [3.63, 3.8) is 0 Å². The fraction of sp³-hybridized carbons (Fsp3) is 0.312. The second-order valence-corrected chi connectivity index (χ2v) is 4.98. The first-order valence-corrected chi connectivity index (χ1v) is 5.92. The molecule has 0 aliphatic rings. The third kappa shape index (κ3) is 3.42. The Morgan fingerprint density at radius 3 is 2.41 bits per heavy atom. The zero-order valence-corrected chi connectivity index (χ0v) is 11.2. The SMILES string of the molecule is C=C/C=C(\C(=C/C)C(C)(C)C)c1ccccn1. The minimum atomic E-state index is 0.0983. The van der Waals surface area contributed by atoms with E-state index < -0.39 is 0 Å². The minimum absolute atomic E-state index is 0.0983. The van der Waals surface area contributed by atoms with E-state index >= 15 is 0 Å². The first-order valence-electron chi connectivity index (χ1n) is 5.92. The van der Waals surface area contributed by atoms with E-state index in [9.17, 15) is 0 Å². The molecule has 1 heteroatoms. The maximum Gasteiger partial charge on any atom is 0.0704 e. The van der Waals surface area contributed by atoms with E-state index in [1.807, 2.05) is 36.5 Å². The van der Waals surface area contributed by atoms with Crippen molar-refractivity contribution in [2.75, 3.05) is 0 Å². The van der Waals surface area contributed by atoms with Gasteiger partial charge in [-0.1, -0.05) is 51.6 Å². The standard InChI is InChI=1S/C16H21N/c1-6-10-13(14(7-2)16(3,4)5)15-11-8-9-12-17-15/h6-12H,1H2,2-5H3/b13-10+,14-7+. The molecule has 0 aliphatic carbocycles. The van der Waals surface area contributed by atoms with Crippen LogP contribution in [0.15, 0.2) is 54.8 Å². The molecule has 0 atom stereocenters. The Kier molecular flexibility index (Phi) is 4.45. The van der Waals surface area contributed by atoms with Crippen LogP contribution in [0.5, 0.6) is 0 Å². The summed E-state index contributed by atoms with van der Waals surface area (Å²) in [4.78, 5) is 4.42. The molecular formula is C16H21N. The van der Waals surface area contributed by atoms with Gasteiger partial charge in [0.25, 0.3) is 0 Å². The van der Waals surface area contributed by atoms with Gasteiger partial charge in [0.2, 0.25) is 0 Å². The highest BCUT2D eigenvalue weighted by Gasteiger charge is 2.20. The van der Waals surface area contributed by atoms with Crippen LogP contribution in [0, 0.1) is 5.41 Å². The molecule has 1 aromatic rings. The van der Waals surface area contributed by atoms with Crippen molar-refractivity contribution in [2.45, 2.75) is 27.7 Å². The van der Waals surface area contributed by atoms with Gasteiger partial charge in [-0.25, -0.2) is 0 Å². The largest absolute Gasteiger partial charge is 0.256 e. The van der Waals surface area contributed by atoms with Crippen LogP contribution < -0.4 is 0 Å². The van der Waals surface area contributed by atoms with Crippen molar-refractivity contribution in [3.05, 3.63) is 60.5 Å². The predicted molar refractivity (Wildman–Crippen MR) is 75.6 cm³/mol. The molecule has 0 bridgehead atoms. The second-order valence-electron chi connectivity index (χ2n) is 4.98. The van der Waals surface area contributed by atoms with Gasteiger partial charge in [-0.15, -0.1) is 0 Å². The summed E-state index contributed by atoms with van der Waals surface area (Å²) in [6, 6.07) is 5.97. The first kappa shape index (κ1) is 13.4. The van der Waals surface area contributed by atoms with Gasteiger partial charge in [0, 0.05) is 11.8 Å². The first-order chi connectivity index (χ1) is 8.00. The van der Waals surface area contributed by atoms with Crippen LogP contribution in [0.4, 0.5) is 0 Å². The zero-order chi connectivity index (χ0) is 12.9. The summed E-state index contributed by atoms with van der Waals surface area (Å²) >= 11 is 0. The molecule has 1 nitrogen and oxygen atoms in total. The van der Waals surface area contributed by atoms with Crippen molar-refractivity contribution >= 4 is 5.57 Å².